The molecule has 2 aromatic rings. The molecule has 138 valence electrons. The van der Waals surface area contributed by atoms with E-state index in [2.05, 4.69) is 9.88 Å². The molecule has 1 fully saturated rings. The minimum atomic E-state index is -4.39. The molecule has 4 nitrogen and oxygen atoms in total. The summed E-state index contributed by atoms with van der Waals surface area (Å²) < 4.78 is 38.3. The van der Waals surface area contributed by atoms with Gasteiger partial charge in [0.25, 0.3) is 0 Å². The number of amides is 1. The average molecular weight is 363 g/mol. The van der Waals surface area contributed by atoms with Gasteiger partial charge < -0.3 is 4.90 Å². The van der Waals surface area contributed by atoms with Crippen LogP contribution in [-0.2, 0) is 23.9 Å². The third kappa shape index (κ3) is 4.82. The van der Waals surface area contributed by atoms with E-state index in [0.29, 0.717) is 18.7 Å². The van der Waals surface area contributed by atoms with Gasteiger partial charge in [-0.1, -0.05) is 24.3 Å². The zero-order valence-electron chi connectivity index (χ0n) is 14.2. The predicted molar refractivity (Wildman–Crippen MR) is 91.2 cm³/mol. The Hall–Kier alpha value is -2.41. The van der Waals surface area contributed by atoms with Crippen molar-refractivity contribution in [2.24, 2.45) is 0 Å². The van der Waals surface area contributed by atoms with Crippen LogP contribution < -0.4 is 0 Å². The van der Waals surface area contributed by atoms with E-state index in [9.17, 15) is 18.0 Å². The van der Waals surface area contributed by atoms with Gasteiger partial charge in [0, 0.05) is 45.1 Å². The summed E-state index contributed by atoms with van der Waals surface area (Å²) >= 11 is 0. The summed E-state index contributed by atoms with van der Waals surface area (Å²) in [5.41, 5.74) is 0.794. The molecule has 0 radical (unpaired) electrons. The van der Waals surface area contributed by atoms with Crippen LogP contribution in [0.2, 0.25) is 0 Å². The zero-order valence-corrected chi connectivity index (χ0v) is 14.2. The second-order valence-electron chi connectivity index (χ2n) is 6.39. The minimum absolute atomic E-state index is 0.00742. The number of rotatable bonds is 4. The number of aromatic nitrogens is 1. The van der Waals surface area contributed by atoms with E-state index in [0.717, 1.165) is 37.3 Å². The minimum Gasteiger partial charge on any atom is -0.340 e. The third-order valence-corrected chi connectivity index (χ3v) is 4.46. The summed E-state index contributed by atoms with van der Waals surface area (Å²) in [4.78, 5) is 20.5. The van der Waals surface area contributed by atoms with Crippen molar-refractivity contribution < 1.29 is 18.0 Å². The Morgan fingerprint density at radius 3 is 2.42 bits per heavy atom. The summed E-state index contributed by atoms with van der Waals surface area (Å²) in [5.74, 6) is -0.134. The molecule has 0 aliphatic carbocycles. The molecule has 1 aliphatic heterocycles. The lowest BCUT2D eigenvalue weighted by molar-refractivity contribution is -0.138. The average Bonchev–Trinajstić information content (AvgIpc) is 2.63. The van der Waals surface area contributed by atoms with Crippen molar-refractivity contribution in [2.45, 2.75) is 19.1 Å². The number of piperazine rings is 1. The summed E-state index contributed by atoms with van der Waals surface area (Å²) in [5, 5.41) is 0. The van der Waals surface area contributed by atoms with Gasteiger partial charge in [0.15, 0.2) is 0 Å². The first-order chi connectivity index (χ1) is 12.4. The molecule has 0 saturated carbocycles. The van der Waals surface area contributed by atoms with E-state index in [1.807, 2.05) is 18.3 Å². The Balaban J connectivity index is 1.52. The van der Waals surface area contributed by atoms with Crippen LogP contribution in [0.3, 0.4) is 0 Å². The number of hydrogen-bond acceptors (Lipinski definition) is 3. The normalized spacial score (nSPS) is 15.9. The monoisotopic (exact) mass is 363 g/mol. The summed E-state index contributed by atoms with van der Waals surface area (Å²) in [6, 6.07) is 8.88. The largest absolute Gasteiger partial charge is 0.416 e. The maximum absolute atomic E-state index is 12.8. The Bertz CT molecular complexity index is 741. The van der Waals surface area contributed by atoms with E-state index < -0.39 is 11.7 Å². The molecule has 0 spiro atoms. The highest BCUT2D eigenvalue weighted by Crippen LogP contribution is 2.29. The van der Waals surface area contributed by atoms with Gasteiger partial charge in [0.05, 0.1) is 12.0 Å². The lowest BCUT2D eigenvalue weighted by atomic mass is 10.1. The molecule has 3 rings (SSSR count). The van der Waals surface area contributed by atoms with E-state index >= 15 is 0 Å². The maximum Gasteiger partial charge on any atom is 0.416 e. The van der Waals surface area contributed by atoms with Gasteiger partial charge in [-0.2, -0.15) is 13.2 Å². The van der Waals surface area contributed by atoms with Crippen molar-refractivity contribution in [2.75, 3.05) is 26.2 Å². The number of hydrogen-bond donors (Lipinski definition) is 0. The Morgan fingerprint density at radius 1 is 1.04 bits per heavy atom. The summed E-state index contributed by atoms with van der Waals surface area (Å²) in [7, 11) is 0. The van der Waals surface area contributed by atoms with Gasteiger partial charge >= 0.3 is 6.18 Å². The van der Waals surface area contributed by atoms with E-state index in [1.54, 1.807) is 17.2 Å². The van der Waals surface area contributed by atoms with Crippen molar-refractivity contribution in [1.29, 1.82) is 0 Å². The Labute approximate surface area is 150 Å². The highest BCUT2D eigenvalue weighted by molar-refractivity contribution is 5.79. The molecule has 7 heteroatoms. The molecule has 0 N–H and O–H groups in total. The van der Waals surface area contributed by atoms with Gasteiger partial charge in [0.2, 0.25) is 5.91 Å². The number of benzene rings is 1. The number of alkyl halides is 3. The van der Waals surface area contributed by atoms with Crippen molar-refractivity contribution in [3.05, 3.63) is 65.5 Å². The quantitative estimate of drug-likeness (QED) is 0.838. The standard InChI is InChI=1S/C19H20F3N3O/c20-19(21,22)17-5-1-3-15(11-17)12-18(26)25-9-7-24(8-10-25)14-16-4-2-6-23-13-16/h1-6,11,13H,7-10,12,14H2. The highest BCUT2D eigenvalue weighted by Gasteiger charge is 2.30. The Kier molecular flexibility index (Phi) is 5.56. The molecule has 0 atom stereocenters. The molecule has 2 heterocycles. The van der Waals surface area contributed by atoms with Gasteiger partial charge in [-0.25, -0.2) is 0 Å². The molecular weight excluding hydrogens is 343 g/mol. The maximum atomic E-state index is 12.8. The van der Waals surface area contributed by atoms with Gasteiger partial charge in [-0.15, -0.1) is 0 Å². The Morgan fingerprint density at radius 2 is 1.77 bits per heavy atom. The third-order valence-electron chi connectivity index (χ3n) is 4.46. The summed E-state index contributed by atoms with van der Waals surface area (Å²) in [6.07, 6.45) is -0.845. The fourth-order valence-corrected chi connectivity index (χ4v) is 3.05. The van der Waals surface area contributed by atoms with Crippen LogP contribution in [-0.4, -0.2) is 46.9 Å². The van der Waals surface area contributed by atoms with Crippen LogP contribution in [0.1, 0.15) is 16.7 Å². The van der Waals surface area contributed by atoms with Crippen molar-refractivity contribution in [3.8, 4) is 0 Å². The number of halogens is 3. The molecule has 0 unspecified atom stereocenters. The van der Waals surface area contributed by atoms with Crippen LogP contribution in [0, 0.1) is 0 Å². The van der Waals surface area contributed by atoms with E-state index in [-0.39, 0.29) is 12.3 Å². The molecule has 1 amide bonds. The second kappa shape index (κ2) is 7.86. The lowest BCUT2D eigenvalue weighted by Gasteiger charge is -2.34. The van der Waals surface area contributed by atoms with Crippen LogP contribution in [0.5, 0.6) is 0 Å². The van der Waals surface area contributed by atoms with Crippen molar-refractivity contribution in [1.82, 2.24) is 14.8 Å². The molecule has 1 aromatic carbocycles. The molecule has 1 aromatic heterocycles. The van der Waals surface area contributed by atoms with Crippen molar-refractivity contribution in [3.63, 3.8) is 0 Å². The first-order valence-corrected chi connectivity index (χ1v) is 8.47. The van der Waals surface area contributed by atoms with Crippen LogP contribution in [0.25, 0.3) is 0 Å². The molecule has 1 saturated heterocycles. The lowest BCUT2D eigenvalue weighted by Crippen LogP contribution is -2.48. The first kappa shape index (κ1) is 18.4. The SMILES string of the molecule is O=C(Cc1cccc(C(F)(F)F)c1)N1CCN(Cc2cccnc2)CC1. The zero-order chi connectivity index (χ0) is 18.6. The van der Waals surface area contributed by atoms with E-state index in [1.165, 1.54) is 6.07 Å². The van der Waals surface area contributed by atoms with Gasteiger partial charge in [-0.3, -0.25) is 14.7 Å². The van der Waals surface area contributed by atoms with Crippen LogP contribution in [0.15, 0.2) is 48.8 Å². The number of carbonyl (C=O) groups excluding carboxylic acids is 1. The molecular formula is C19H20F3N3O. The second-order valence-corrected chi connectivity index (χ2v) is 6.39. The molecule has 1 aliphatic rings. The molecule has 0 bridgehead atoms. The fraction of sp³-hybridized carbons (Fsp3) is 0.368. The van der Waals surface area contributed by atoms with Gasteiger partial charge in [-0.05, 0) is 23.3 Å². The topological polar surface area (TPSA) is 36.4 Å². The number of carbonyl (C=O) groups is 1. The smallest absolute Gasteiger partial charge is 0.340 e. The van der Waals surface area contributed by atoms with E-state index in [4.69, 9.17) is 0 Å². The fourth-order valence-electron chi connectivity index (χ4n) is 3.05. The van der Waals surface area contributed by atoms with Crippen LogP contribution >= 0.6 is 0 Å². The predicted octanol–water partition coefficient (Wildman–Crippen LogP) is 2.99. The number of pyridine rings is 1. The van der Waals surface area contributed by atoms with Gasteiger partial charge in [0.1, 0.15) is 0 Å². The highest BCUT2D eigenvalue weighted by atomic mass is 19.4. The summed E-state index contributed by atoms with van der Waals surface area (Å²) in [6.45, 7) is 3.42. The number of nitrogens with zero attached hydrogens (tertiary/aromatic N) is 3. The van der Waals surface area contributed by atoms with Crippen molar-refractivity contribution >= 4 is 5.91 Å². The first-order valence-electron chi connectivity index (χ1n) is 8.47. The molecule has 26 heavy (non-hydrogen) atoms. The van der Waals surface area contributed by atoms with Crippen LogP contribution in [0.4, 0.5) is 13.2 Å².